The second-order valence-corrected chi connectivity index (χ2v) is 6.58. The monoisotopic (exact) mass is 316 g/mol. The number of benzene rings is 1. The molecule has 0 aliphatic heterocycles. The number of ether oxygens (including phenoxy) is 1. The Morgan fingerprint density at radius 3 is 2.17 bits per heavy atom. The Labute approximate surface area is 137 Å². The van der Waals surface area contributed by atoms with Crippen LogP contribution in [0.3, 0.4) is 0 Å². The largest absolute Gasteiger partial charge is 0.444 e. The topological polar surface area (TPSA) is 67.4 Å². The van der Waals surface area contributed by atoms with E-state index in [0.717, 1.165) is 5.56 Å². The first-order valence-corrected chi connectivity index (χ1v) is 7.49. The van der Waals surface area contributed by atoms with Crippen molar-refractivity contribution in [1.29, 1.82) is 0 Å². The van der Waals surface area contributed by atoms with E-state index < -0.39 is 17.7 Å². The van der Waals surface area contributed by atoms with Crippen LogP contribution in [0.1, 0.15) is 40.2 Å². The number of rotatable bonds is 4. The molecule has 0 bridgehead atoms. The van der Waals surface area contributed by atoms with Crippen LogP contribution in [0.4, 0.5) is 10.5 Å². The molecule has 2 N–H and O–H groups in total. The van der Waals surface area contributed by atoms with Crippen LogP contribution in [0.2, 0.25) is 0 Å². The van der Waals surface area contributed by atoms with Gasteiger partial charge in [0.25, 0.3) is 0 Å². The SMILES string of the molecule is C#Cc1ccc(NC(=O)C(NC(=O)OC(C)(C)C)C(C)C)cc1. The summed E-state index contributed by atoms with van der Waals surface area (Å²) < 4.78 is 5.20. The van der Waals surface area contributed by atoms with Crippen LogP contribution < -0.4 is 10.6 Å². The lowest BCUT2D eigenvalue weighted by Gasteiger charge is -2.25. The van der Waals surface area contributed by atoms with Crippen LogP contribution in [-0.2, 0) is 9.53 Å². The molecule has 0 heterocycles. The van der Waals surface area contributed by atoms with Crippen LogP contribution in [0.15, 0.2) is 24.3 Å². The highest BCUT2D eigenvalue weighted by molar-refractivity contribution is 5.96. The van der Waals surface area contributed by atoms with Crippen molar-refractivity contribution in [3.8, 4) is 12.3 Å². The Hall–Kier alpha value is -2.48. The highest BCUT2D eigenvalue weighted by Gasteiger charge is 2.26. The zero-order valence-electron chi connectivity index (χ0n) is 14.3. The minimum Gasteiger partial charge on any atom is -0.444 e. The highest BCUT2D eigenvalue weighted by Crippen LogP contribution is 2.12. The molecule has 0 saturated carbocycles. The molecule has 5 heteroatoms. The van der Waals surface area contributed by atoms with Gasteiger partial charge < -0.3 is 15.4 Å². The van der Waals surface area contributed by atoms with E-state index >= 15 is 0 Å². The minimum atomic E-state index is -0.697. The fourth-order valence-corrected chi connectivity index (χ4v) is 1.84. The molecule has 5 nitrogen and oxygen atoms in total. The maximum atomic E-state index is 12.4. The zero-order chi connectivity index (χ0) is 17.6. The van der Waals surface area contributed by atoms with Crippen molar-refractivity contribution in [1.82, 2.24) is 5.32 Å². The standard InChI is InChI=1S/C18H24N2O3/c1-7-13-8-10-14(11-9-13)19-16(21)15(12(2)3)20-17(22)23-18(4,5)6/h1,8-12,15H,2-6H3,(H,19,21)(H,20,22). The minimum absolute atomic E-state index is 0.0903. The molecular weight excluding hydrogens is 292 g/mol. The van der Waals surface area contributed by atoms with Gasteiger partial charge in [-0.3, -0.25) is 4.79 Å². The summed E-state index contributed by atoms with van der Waals surface area (Å²) in [6, 6.07) is 6.22. The summed E-state index contributed by atoms with van der Waals surface area (Å²) in [5, 5.41) is 5.38. The Morgan fingerprint density at radius 2 is 1.74 bits per heavy atom. The lowest BCUT2D eigenvalue weighted by molar-refractivity contribution is -0.119. The fourth-order valence-electron chi connectivity index (χ4n) is 1.84. The third-order valence-corrected chi connectivity index (χ3v) is 2.94. The predicted molar refractivity (Wildman–Crippen MR) is 91.0 cm³/mol. The molecule has 1 rings (SSSR count). The van der Waals surface area contributed by atoms with Gasteiger partial charge in [0.05, 0.1) is 0 Å². The van der Waals surface area contributed by atoms with Gasteiger partial charge in [0.1, 0.15) is 11.6 Å². The van der Waals surface area contributed by atoms with Gasteiger partial charge in [0, 0.05) is 11.3 Å². The summed E-state index contributed by atoms with van der Waals surface area (Å²) in [4.78, 5) is 24.3. The number of nitrogens with one attached hydrogen (secondary N) is 2. The van der Waals surface area contributed by atoms with E-state index in [4.69, 9.17) is 11.2 Å². The lowest BCUT2D eigenvalue weighted by atomic mass is 10.0. The van der Waals surface area contributed by atoms with Crippen LogP contribution in [-0.4, -0.2) is 23.6 Å². The first-order valence-electron chi connectivity index (χ1n) is 7.49. The van der Waals surface area contributed by atoms with E-state index in [9.17, 15) is 9.59 Å². The maximum absolute atomic E-state index is 12.4. The number of alkyl carbamates (subject to hydrolysis) is 1. The van der Waals surface area contributed by atoms with Crippen LogP contribution >= 0.6 is 0 Å². The Balaban J connectivity index is 2.74. The van der Waals surface area contributed by atoms with Gasteiger partial charge in [-0.1, -0.05) is 19.8 Å². The number of terminal acetylenes is 1. The van der Waals surface area contributed by atoms with Gasteiger partial charge >= 0.3 is 6.09 Å². The third kappa shape index (κ3) is 6.43. The second-order valence-electron chi connectivity index (χ2n) is 6.58. The average Bonchev–Trinajstić information content (AvgIpc) is 2.43. The highest BCUT2D eigenvalue weighted by atomic mass is 16.6. The molecule has 124 valence electrons. The molecule has 1 atom stereocenters. The van der Waals surface area contributed by atoms with Crippen LogP contribution in [0.25, 0.3) is 0 Å². The van der Waals surface area contributed by atoms with Crippen molar-refractivity contribution in [2.75, 3.05) is 5.32 Å². The van der Waals surface area contributed by atoms with Crippen molar-refractivity contribution in [3.05, 3.63) is 29.8 Å². The Kier molecular flexibility index (Phi) is 6.20. The molecule has 1 unspecified atom stereocenters. The molecule has 1 aromatic rings. The molecule has 1 aromatic carbocycles. The van der Waals surface area contributed by atoms with Crippen LogP contribution in [0.5, 0.6) is 0 Å². The molecule has 0 fully saturated rings. The molecule has 2 amide bonds. The van der Waals surface area contributed by atoms with Crippen molar-refractivity contribution in [2.24, 2.45) is 5.92 Å². The molecule has 0 aliphatic rings. The van der Waals surface area contributed by atoms with E-state index in [-0.39, 0.29) is 11.8 Å². The molecule has 23 heavy (non-hydrogen) atoms. The first kappa shape index (κ1) is 18.6. The van der Waals surface area contributed by atoms with E-state index in [1.807, 2.05) is 13.8 Å². The zero-order valence-corrected chi connectivity index (χ0v) is 14.3. The predicted octanol–water partition coefficient (Wildman–Crippen LogP) is 3.16. The van der Waals surface area contributed by atoms with Gasteiger partial charge in [0.15, 0.2) is 0 Å². The number of carbonyl (C=O) groups is 2. The smallest absolute Gasteiger partial charge is 0.408 e. The molecular formula is C18H24N2O3. The number of anilines is 1. The molecule has 0 saturated heterocycles. The Morgan fingerprint density at radius 1 is 1.17 bits per heavy atom. The van der Waals surface area contributed by atoms with Crippen molar-refractivity contribution < 1.29 is 14.3 Å². The van der Waals surface area contributed by atoms with E-state index in [2.05, 4.69) is 16.6 Å². The molecule has 0 aliphatic carbocycles. The number of amides is 2. The van der Waals surface area contributed by atoms with Crippen LogP contribution in [0, 0.1) is 18.3 Å². The molecule has 0 spiro atoms. The fraction of sp³-hybridized carbons (Fsp3) is 0.444. The van der Waals surface area contributed by atoms with E-state index in [0.29, 0.717) is 5.69 Å². The summed E-state index contributed by atoms with van der Waals surface area (Å²) in [5.74, 6) is 2.11. The van der Waals surface area contributed by atoms with Gasteiger partial charge in [-0.15, -0.1) is 6.42 Å². The number of carbonyl (C=O) groups excluding carboxylic acids is 2. The number of hydrogen-bond acceptors (Lipinski definition) is 3. The summed E-state index contributed by atoms with van der Waals surface area (Å²) in [5.41, 5.74) is 0.730. The number of hydrogen-bond donors (Lipinski definition) is 2. The summed E-state index contributed by atoms with van der Waals surface area (Å²) in [7, 11) is 0. The van der Waals surface area contributed by atoms with E-state index in [1.165, 1.54) is 0 Å². The molecule has 0 radical (unpaired) electrons. The lowest BCUT2D eigenvalue weighted by Crippen LogP contribution is -2.48. The quantitative estimate of drug-likeness (QED) is 0.839. The van der Waals surface area contributed by atoms with Gasteiger partial charge in [0.2, 0.25) is 5.91 Å². The molecule has 0 aromatic heterocycles. The van der Waals surface area contributed by atoms with Crippen molar-refractivity contribution >= 4 is 17.7 Å². The normalized spacial score (nSPS) is 12.2. The van der Waals surface area contributed by atoms with Gasteiger partial charge in [-0.2, -0.15) is 0 Å². The van der Waals surface area contributed by atoms with Crippen molar-refractivity contribution in [2.45, 2.75) is 46.3 Å². The van der Waals surface area contributed by atoms with Gasteiger partial charge in [-0.05, 0) is 51.0 Å². The average molecular weight is 316 g/mol. The third-order valence-electron chi connectivity index (χ3n) is 2.94. The summed E-state index contributed by atoms with van der Waals surface area (Å²) >= 11 is 0. The summed E-state index contributed by atoms with van der Waals surface area (Å²) in [6.45, 7) is 9.00. The maximum Gasteiger partial charge on any atom is 0.408 e. The Bertz CT molecular complexity index is 592. The second kappa shape index (κ2) is 7.68. The van der Waals surface area contributed by atoms with Gasteiger partial charge in [-0.25, -0.2) is 4.79 Å². The first-order chi connectivity index (χ1) is 10.6. The van der Waals surface area contributed by atoms with E-state index in [1.54, 1.807) is 45.0 Å². The van der Waals surface area contributed by atoms with Crippen molar-refractivity contribution in [3.63, 3.8) is 0 Å². The summed E-state index contributed by atoms with van der Waals surface area (Å²) in [6.07, 6.45) is 4.68.